The molecule has 1 N–H and O–H groups in total. The Morgan fingerprint density at radius 1 is 0.697 bits per heavy atom. The summed E-state index contributed by atoms with van der Waals surface area (Å²) in [7, 11) is 0. The Bertz CT molecular complexity index is 1170. The van der Waals surface area contributed by atoms with Gasteiger partial charge < -0.3 is 5.32 Å². The predicted octanol–water partition coefficient (Wildman–Crippen LogP) is 9.01. The maximum Gasteiger partial charge on any atom is 0.0342 e. The van der Waals surface area contributed by atoms with Crippen molar-refractivity contribution in [2.24, 2.45) is 0 Å². The second-order valence-electron chi connectivity index (χ2n) is 8.75. The molecule has 33 heavy (non-hydrogen) atoms. The van der Waals surface area contributed by atoms with Crippen molar-refractivity contribution in [2.45, 2.75) is 39.7 Å². The lowest BCUT2D eigenvalue weighted by Crippen LogP contribution is -2.13. The molecule has 1 atom stereocenters. The van der Waals surface area contributed by atoms with E-state index < -0.39 is 0 Å². The van der Waals surface area contributed by atoms with Gasteiger partial charge in [-0.3, -0.25) is 0 Å². The van der Waals surface area contributed by atoms with Gasteiger partial charge in [0.25, 0.3) is 0 Å². The third kappa shape index (κ3) is 6.02. The van der Waals surface area contributed by atoms with Gasteiger partial charge in [0.05, 0.1) is 0 Å². The lowest BCUT2D eigenvalue weighted by molar-refractivity contribution is 0.812. The third-order valence-electron chi connectivity index (χ3n) is 6.14. The first-order chi connectivity index (χ1) is 16.1. The van der Waals surface area contributed by atoms with Crippen LogP contribution in [-0.4, -0.2) is 6.04 Å². The van der Waals surface area contributed by atoms with E-state index in [1.54, 1.807) is 0 Å². The van der Waals surface area contributed by atoms with E-state index in [9.17, 15) is 0 Å². The minimum atomic E-state index is 0.370. The minimum absolute atomic E-state index is 0.370. The van der Waals surface area contributed by atoms with Crippen molar-refractivity contribution in [3.05, 3.63) is 120 Å². The molecule has 0 aliphatic rings. The molecule has 0 aromatic heterocycles. The summed E-state index contributed by atoms with van der Waals surface area (Å²) < 4.78 is 0. The number of allylic oxidation sites excluding steroid dienone is 1. The van der Waals surface area contributed by atoms with Crippen molar-refractivity contribution in [2.75, 3.05) is 5.32 Å². The van der Waals surface area contributed by atoms with Gasteiger partial charge in [0, 0.05) is 11.7 Å². The van der Waals surface area contributed by atoms with E-state index in [1.165, 1.54) is 39.0 Å². The van der Waals surface area contributed by atoms with Gasteiger partial charge in [0.1, 0.15) is 0 Å². The van der Waals surface area contributed by atoms with Crippen LogP contribution in [0.5, 0.6) is 0 Å². The lowest BCUT2D eigenvalue weighted by atomic mass is 9.99. The minimum Gasteiger partial charge on any atom is -0.382 e. The molecule has 0 fully saturated rings. The van der Waals surface area contributed by atoms with Crippen LogP contribution >= 0.6 is 0 Å². The van der Waals surface area contributed by atoms with Gasteiger partial charge in [0.15, 0.2) is 0 Å². The zero-order chi connectivity index (χ0) is 23.0. The highest BCUT2D eigenvalue weighted by atomic mass is 14.9. The molecule has 0 saturated heterocycles. The third-order valence-corrected chi connectivity index (χ3v) is 6.14. The standard InChI is InChI=1S/C32H33N/c1-4-26(27-8-6-5-7-9-27)15-12-25(3)33-32-22-20-31(21-23-32)30-18-16-29(17-19-30)28-13-10-24(2)11-14-28/h5-11,13-23,25,33H,4,12H2,1-3H3/b26-15+. The average Bonchev–Trinajstić information content (AvgIpc) is 2.86. The van der Waals surface area contributed by atoms with E-state index >= 15 is 0 Å². The Labute approximate surface area is 198 Å². The summed E-state index contributed by atoms with van der Waals surface area (Å²) in [6, 6.07) is 37.3. The van der Waals surface area contributed by atoms with Crippen LogP contribution in [0, 0.1) is 6.92 Å². The monoisotopic (exact) mass is 431 g/mol. The van der Waals surface area contributed by atoms with Gasteiger partial charge in [0.2, 0.25) is 0 Å². The fourth-order valence-electron chi connectivity index (χ4n) is 4.14. The smallest absolute Gasteiger partial charge is 0.0342 e. The Morgan fingerprint density at radius 3 is 1.70 bits per heavy atom. The van der Waals surface area contributed by atoms with Crippen molar-refractivity contribution < 1.29 is 0 Å². The molecule has 1 nitrogen and oxygen atoms in total. The fourth-order valence-corrected chi connectivity index (χ4v) is 4.14. The molecule has 4 aromatic rings. The molecule has 0 amide bonds. The molecule has 0 heterocycles. The van der Waals surface area contributed by atoms with Crippen molar-refractivity contribution in [1.29, 1.82) is 0 Å². The molecule has 1 heteroatoms. The fraction of sp³-hybridized carbons (Fsp3) is 0.188. The first-order valence-electron chi connectivity index (χ1n) is 11.9. The molecule has 0 radical (unpaired) electrons. The van der Waals surface area contributed by atoms with Crippen LogP contribution in [0.15, 0.2) is 109 Å². The van der Waals surface area contributed by atoms with Gasteiger partial charge in [-0.2, -0.15) is 0 Å². The van der Waals surface area contributed by atoms with Crippen LogP contribution in [0.4, 0.5) is 5.69 Å². The summed E-state index contributed by atoms with van der Waals surface area (Å²) in [4.78, 5) is 0. The molecule has 166 valence electrons. The maximum absolute atomic E-state index is 3.64. The summed E-state index contributed by atoms with van der Waals surface area (Å²) in [5, 5.41) is 3.64. The van der Waals surface area contributed by atoms with Crippen molar-refractivity contribution >= 4 is 11.3 Å². The predicted molar refractivity (Wildman–Crippen MR) is 144 cm³/mol. The molecule has 0 saturated carbocycles. The second kappa shape index (κ2) is 10.8. The number of rotatable bonds is 8. The molecular formula is C32H33N. The van der Waals surface area contributed by atoms with Gasteiger partial charge in [-0.15, -0.1) is 0 Å². The quantitative estimate of drug-likeness (QED) is 0.293. The Morgan fingerprint density at radius 2 is 1.18 bits per heavy atom. The number of hydrogen-bond acceptors (Lipinski definition) is 1. The van der Waals surface area contributed by atoms with E-state index in [4.69, 9.17) is 0 Å². The number of benzene rings is 4. The van der Waals surface area contributed by atoms with E-state index in [0.29, 0.717) is 6.04 Å². The normalized spacial score (nSPS) is 12.4. The van der Waals surface area contributed by atoms with Crippen LogP contribution in [-0.2, 0) is 0 Å². The highest BCUT2D eigenvalue weighted by Crippen LogP contribution is 2.26. The molecule has 1 unspecified atom stereocenters. The number of anilines is 1. The molecule has 0 aliphatic carbocycles. The summed E-state index contributed by atoms with van der Waals surface area (Å²) in [5.74, 6) is 0. The second-order valence-corrected chi connectivity index (χ2v) is 8.75. The van der Waals surface area contributed by atoms with Crippen LogP contribution in [0.1, 0.15) is 37.8 Å². The topological polar surface area (TPSA) is 12.0 Å². The van der Waals surface area contributed by atoms with Crippen LogP contribution in [0.2, 0.25) is 0 Å². The maximum atomic E-state index is 3.64. The number of nitrogens with one attached hydrogen (secondary N) is 1. The lowest BCUT2D eigenvalue weighted by Gasteiger charge is -2.15. The van der Waals surface area contributed by atoms with Crippen LogP contribution in [0.3, 0.4) is 0 Å². The highest BCUT2D eigenvalue weighted by Gasteiger charge is 2.05. The first kappa shape index (κ1) is 22.6. The van der Waals surface area contributed by atoms with Gasteiger partial charge in [-0.05, 0) is 72.2 Å². The Kier molecular flexibility index (Phi) is 7.42. The molecule has 0 bridgehead atoms. The molecule has 4 rings (SSSR count). The van der Waals surface area contributed by atoms with E-state index in [0.717, 1.165) is 18.5 Å². The average molecular weight is 432 g/mol. The molecule has 4 aromatic carbocycles. The number of aryl methyl sites for hydroxylation is 1. The summed E-state index contributed by atoms with van der Waals surface area (Å²) in [5.41, 5.74) is 10.2. The van der Waals surface area contributed by atoms with E-state index in [-0.39, 0.29) is 0 Å². The van der Waals surface area contributed by atoms with Gasteiger partial charge in [-0.1, -0.05) is 110 Å². The summed E-state index contributed by atoms with van der Waals surface area (Å²) in [6.07, 6.45) is 4.42. The zero-order valence-corrected chi connectivity index (χ0v) is 19.9. The Hall–Kier alpha value is -3.58. The van der Waals surface area contributed by atoms with Crippen LogP contribution in [0.25, 0.3) is 27.8 Å². The van der Waals surface area contributed by atoms with Crippen molar-refractivity contribution in [3.63, 3.8) is 0 Å². The van der Waals surface area contributed by atoms with Crippen LogP contribution < -0.4 is 5.32 Å². The SMILES string of the molecule is CC/C(=C\CC(C)Nc1ccc(-c2ccc(-c3ccc(C)cc3)cc2)cc1)c1ccccc1. The molecular weight excluding hydrogens is 398 g/mol. The van der Waals surface area contributed by atoms with Crippen molar-refractivity contribution in [1.82, 2.24) is 0 Å². The zero-order valence-electron chi connectivity index (χ0n) is 19.9. The number of hydrogen-bond donors (Lipinski definition) is 1. The highest BCUT2D eigenvalue weighted by molar-refractivity contribution is 5.71. The van der Waals surface area contributed by atoms with Crippen molar-refractivity contribution in [3.8, 4) is 22.3 Å². The van der Waals surface area contributed by atoms with Gasteiger partial charge in [-0.25, -0.2) is 0 Å². The van der Waals surface area contributed by atoms with E-state index in [2.05, 4.69) is 135 Å². The first-order valence-corrected chi connectivity index (χ1v) is 11.9. The summed E-state index contributed by atoms with van der Waals surface area (Å²) in [6.45, 7) is 6.59. The molecule has 0 aliphatic heterocycles. The molecule has 0 spiro atoms. The Balaban J connectivity index is 1.38. The van der Waals surface area contributed by atoms with E-state index in [1.807, 2.05) is 0 Å². The summed E-state index contributed by atoms with van der Waals surface area (Å²) >= 11 is 0. The largest absolute Gasteiger partial charge is 0.382 e. The van der Waals surface area contributed by atoms with Gasteiger partial charge >= 0.3 is 0 Å².